The predicted molar refractivity (Wildman–Crippen MR) is 125 cm³/mol. The number of hydrogen-bond donors (Lipinski definition) is 0. The molecule has 0 radical (unpaired) electrons. The zero-order chi connectivity index (χ0) is 24.0. The Morgan fingerprint density at radius 2 is 1.94 bits per heavy atom. The monoisotopic (exact) mass is 483 g/mol. The molecule has 10 nitrogen and oxygen atoms in total. The summed E-state index contributed by atoms with van der Waals surface area (Å²) in [6.07, 6.45) is 0. The number of oxazole rings is 1. The predicted octanol–water partition coefficient (Wildman–Crippen LogP) is 2.54. The zero-order valence-corrected chi connectivity index (χ0v) is 19.9. The summed E-state index contributed by atoms with van der Waals surface area (Å²) in [6.45, 7) is 7.09. The SMILES string of the molecule is Cc1cccc(N2CCN(S(=O)(=O)c3ccc4c(c3)oc(=O)n4Cc3noc(C)n3)CC2C)c1. The first-order chi connectivity index (χ1) is 16.2. The van der Waals surface area contributed by atoms with E-state index in [1.54, 1.807) is 13.0 Å². The van der Waals surface area contributed by atoms with Crippen LogP contribution in [0, 0.1) is 13.8 Å². The summed E-state index contributed by atoms with van der Waals surface area (Å²) in [5.74, 6) is 0.104. The molecule has 1 atom stereocenters. The highest BCUT2D eigenvalue weighted by Crippen LogP contribution is 2.27. The normalized spacial score (nSPS) is 17.5. The summed E-state index contributed by atoms with van der Waals surface area (Å²) in [6, 6.07) is 12.7. The van der Waals surface area contributed by atoms with E-state index in [4.69, 9.17) is 8.94 Å². The molecule has 1 unspecified atom stereocenters. The second-order valence-electron chi connectivity index (χ2n) is 8.56. The molecule has 1 aliphatic rings. The van der Waals surface area contributed by atoms with Crippen LogP contribution in [-0.4, -0.2) is 53.1 Å². The minimum Gasteiger partial charge on any atom is -0.408 e. The fourth-order valence-electron chi connectivity index (χ4n) is 4.39. The lowest BCUT2D eigenvalue weighted by atomic mass is 10.1. The lowest BCUT2D eigenvalue weighted by Crippen LogP contribution is -2.53. The van der Waals surface area contributed by atoms with E-state index in [1.807, 2.05) is 32.0 Å². The van der Waals surface area contributed by atoms with Gasteiger partial charge in [0, 0.05) is 44.4 Å². The van der Waals surface area contributed by atoms with Crippen LogP contribution in [0.1, 0.15) is 24.2 Å². The van der Waals surface area contributed by atoms with Crippen molar-refractivity contribution in [2.45, 2.75) is 38.3 Å². The van der Waals surface area contributed by atoms with Gasteiger partial charge in [-0.05, 0) is 43.7 Å². The quantitative estimate of drug-likeness (QED) is 0.425. The number of piperazine rings is 1. The summed E-state index contributed by atoms with van der Waals surface area (Å²) in [7, 11) is -3.76. The Morgan fingerprint density at radius 3 is 2.65 bits per heavy atom. The van der Waals surface area contributed by atoms with Gasteiger partial charge >= 0.3 is 5.76 Å². The van der Waals surface area contributed by atoms with Crippen LogP contribution in [0.3, 0.4) is 0 Å². The third-order valence-electron chi connectivity index (χ3n) is 6.07. The number of rotatable bonds is 5. The Hall–Kier alpha value is -3.44. The molecular formula is C23H25N5O5S. The van der Waals surface area contributed by atoms with Crippen molar-refractivity contribution in [3.05, 3.63) is 70.3 Å². The highest BCUT2D eigenvalue weighted by molar-refractivity contribution is 7.89. The Morgan fingerprint density at radius 1 is 1.12 bits per heavy atom. The van der Waals surface area contributed by atoms with Crippen molar-refractivity contribution < 1.29 is 17.4 Å². The molecule has 4 aromatic rings. The van der Waals surface area contributed by atoms with Gasteiger partial charge in [-0.15, -0.1) is 0 Å². The maximum atomic E-state index is 13.4. The van der Waals surface area contributed by atoms with Crippen LogP contribution in [0.5, 0.6) is 0 Å². The molecule has 3 heterocycles. The van der Waals surface area contributed by atoms with E-state index in [2.05, 4.69) is 21.1 Å². The molecule has 1 aliphatic heterocycles. The zero-order valence-electron chi connectivity index (χ0n) is 19.1. The largest absolute Gasteiger partial charge is 0.420 e. The highest BCUT2D eigenvalue weighted by Gasteiger charge is 2.33. The number of hydrogen-bond acceptors (Lipinski definition) is 8. The molecule has 178 valence electrons. The van der Waals surface area contributed by atoms with Crippen LogP contribution in [-0.2, 0) is 16.6 Å². The van der Waals surface area contributed by atoms with Gasteiger partial charge in [0.2, 0.25) is 15.9 Å². The van der Waals surface area contributed by atoms with Crippen molar-refractivity contribution in [1.29, 1.82) is 0 Å². The maximum absolute atomic E-state index is 13.4. The van der Waals surface area contributed by atoms with E-state index in [-0.39, 0.29) is 23.1 Å². The van der Waals surface area contributed by atoms with Gasteiger partial charge in [0.1, 0.15) is 0 Å². The van der Waals surface area contributed by atoms with Crippen molar-refractivity contribution in [2.24, 2.45) is 0 Å². The lowest BCUT2D eigenvalue weighted by molar-refractivity contribution is 0.342. The number of aryl methyl sites for hydroxylation is 2. The third-order valence-corrected chi connectivity index (χ3v) is 7.93. The fourth-order valence-corrected chi connectivity index (χ4v) is 5.91. The molecular weight excluding hydrogens is 458 g/mol. The second-order valence-corrected chi connectivity index (χ2v) is 10.5. The van der Waals surface area contributed by atoms with Gasteiger partial charge < -0.3 is 13.8 Å². The van der Waals surface area contributed by atoms with Gasteiger partial charge in [-0.1, -0.05) is 17.3 Å². The third kappa shape index (κ3) is 4.01. The van der Waals surface area contributed by atoms with E-state index < -0.39 is 15.8 Å². The summed E-state index contributed by atoms with van der Waals surface area (Å²) in [5.41, 5.74) is 2.91. The minimum absolute atomic E-state index is 0.00601. The molecule has 0 aliphatic carbocycles. The van der Waals surface area contributed by atoms with E-state index in [0.717, 1.165) is 11.3 Å². The summed E-state index contributed by atoms with van der Waals surface area (Å²) >= 11 is 0. The van der Waals surface area contributed by atoms with Crippen LogP contribution in [0.2, 0.25) is 0 Å². The Kier molecular flexibility index (Phi) is 5.53. The van der Waals surface area contributed by atoms with Crippen LogP contribution in [0.15, 0.2) is 61.1 Å². The van der Waals surface area contributed by atoms with Crippen LogP contribution < -0.4 is 10.7 Å². The van der Waals surface area contributed by atoms with Gasteiger partial charge in [-0.2, -0.15) is 9.29 Å². The highest BCUT2D eigenvalue weighted by atomic mass is 32.2. The van der Waals surface area contributed by atoms with Gasteiger partial charge in [-0.25, -0.2) is 13.2 Å². The van der Waals surface area contributed by atoms with Crippen LogP contribution in [0.25, 0.3) is 11.1 Å². The number of aromatic nitrogens is 3. The first-order valence-corrected chi connectivity index (χ1v) is 12.4. The summed E-state index contributed by atoms with van der Waals surface area (Å²) in [4.78, 5) is 18.8. The Bertz CT molecular complexity index is 1520. The van der Waals surface area contributed by atoms with Crippen molar-refractivity contribution in [3.8, 4) is 0 Å². The van der Waals surface area contributed by atoms with E-state index >= 15 is 0 Å². The molecule has 2 aromatic heterocycles. The van der Waals surface area contributed by atoms with Gasteiger partial charge in [-0.3, -0.25) is 4.57 Å². The topological polar surface area (TPSA) is 115 Å². The lowest BCUT2D eigenvalue weighted by Gasteiger charge is -2.40. The average Bonchev–Trinajstić information content (AvgIpc) is 3.35. The minimum atomic E-state index is -3.76. The fraction of sp³-hybridized carbons (Fsp3) is 0.348. The van der Waals surface area contributed by atoms with Crippen LogP contribution in [0.4, 0.5) is 5.69 Å². The number of fused-ring (bicyclic) bond motifs is 1. The molecule has 34 heavy (non-hydrogen) atoms. The van der Waals surface area contributed by atoms with E-state index in [9.17, 15) is 13.2 Å². The van der Waals surface area contributed by atoms with Crippen LogP contribution >= 0.6 is 0 Å². The van der Waals surface area contributed by atoms with Gasteiger partial charge in [0.25, 0.3) is 0 Å². The standard InChI is InChI=1S/C23H25N5O5S/c1-15-5-4-6-18(11-15)27-10-9-26(13-16(27)2)34(30,31)19-7-8-20-21(12-19)32-23(29)28(20)14-22-24-17(3)33-25-22/h4-8,11-12,16H,9-10,13-14H2,1-3H3. The molecule has 5 rings (SSSR count). The Balaban J connectivity index is 1.39. The van der Waals surface area contributed by atoms with Gasteiger partial charge in [0.05, 0.1) is 17.0 Å². The van der Waals surface area contributed by atoms with Crippen molar-refractivity contribution in [2.75, 3.05) is 24.5 Å². The van der Waals surface area contributed by atoms with Crippen molar-refractivity contribution in [1.82, 2.24) is 19.0 Å². The molecule has 0 amide bonds. The first-order valence-electron chi connectivity index (χ1n) is 11.0. The molecule has 1 fully saturated rings. The average molecular weight is 484 g/mol. The molecule has 1 saturated heterocycles. The summed E-state index contributed by atoms with van der Waals surface area (Å²) in [5, 5.41) is 3.80. The molecule has 11 heteroatoms. The molecule has 2 aromatic carbocycles. The number of nitrogens with zero attached hydrogens (tertiary/aromatic N) is 5. The molecule has 0 bridgehead atoms. The number of benzene rings is 2. The van der Waals surface area contributed by atoms with Crippen molar-refractivity contribution >= 4 is 26.8 Å². The first kappa shape index (κ1) is 22.4. The number of sulfonamides is 1. The van der Waals surface area contributed by atoms with E-state index in [0.29, 0.717) is 36.9 Å². The number of anilines is 1. The maximum Gasteiger partial charge on any atom is 0.420 e. The summed E-state index contributed by atoms with van der Waals surface area (Å²) < 4.78 is 39.9. The molecule has 0 spiro atoms. The van der Waals surface area contributed by atoms with Gasteiger partial charge in [0.15, 0.2) is 11.4 Å². The smallest absolute Gasteiger partial charge is 0.408 e. The molecule has 0 saturated carbocycles. The molecule has 0 N–H and O–H groups in total. The van der Waals surface area contributed by atoms with Crippen molar-refractivity contribution in [3.63, 3.8) is 0 Å². The van der Waals surface area contributed by atoms with E-state index in [1.165, 1.54) is 21.0 Å². The second kappa shape index (κ2) is 8.41. The Labute approximate surface area is 196 Å².